The lowest BCUT2D eigenvalue weighted by Crippen LogP contribution is -2.31. The molecule has 2 unspecified atom stereocenters. The van der Waals surface area contributed by atoms with Gasteiger partial charge in [0.1, 0.15) is 0 Å². The monoisotopic (exact) mass is 319 g/mol. The SMILES string of the molecule is CN1CN(c2ccccc2)c2ncc3c(c21)C1CCC3(C)C1(C)C. The van der Waals surface area contributed by atoms with Crippen molar-refractivity contribution >= 4 is 17.2 Å². The van der Waals surface area contributed by atoms with E-state index in [0.29, 0.717) is 11.3 Å². The molecule has 0 radical (unpaired) electrons. The average molecular weight is 319 g/mol. The molecule has 0 spiro atoms. The third kappa shape index (κ3) is 1.47. The summed E-state index contributed by atoms with van der Waals surface area (Å²) in [7, 11) is 2.21. The lowest BCUT2D eigenvalue weighted by Gasteiger charge is -2.35. The van der Waals surface area contributed by atoms with Crippen molar-refractivity contribution in [1.82, 2.24) is 4.98 Å². The number of hydrogen-bond donors (Lipinski definition) is 0. The molecule has 1 aromatic carbocycles. The van der Waals surface area contributed by atoms with Gasteiger partial charge in [-0.05, 0) is 47.4 Å². The molecule has 3 aliphatic rings. The molecule has 0 N–H and O–H groups in total. The van der Waals surface area contributed by atoms with Gasteiger partial charge in [-0.2, -0.15) is 0 Å². The topological polar surface area (TPSA) is 19.4 Å². The van der Waals surface area contributed by atoms with Crippen molar-refractivity contribution in [2.75, 3.05) is 23.5 Å². The fourth-order valence-electron chi connectivity index (χ4n) is 5.52. The first kappa shape index (κ1) is 14.3. The number of pyridine rings is 1. The molecule has 0 saturated heterocycles. The van der Waals surface area contributed by atoms with E-state index >= 15 is 0 Å². The van der Waals surface area contributed by atoms with Crippen LogP contribution in [0.3, 0.4) is 0 Å². The zero-order valence-electron chi connectivity index (χ0n) is 15.0. The lowest BCUT2D eigenvalue weighted by molar-refractivity contribution is 0.230. The van der Waals surface area contributed by atoms with Crippen molar-refractivity contribution < 1.29 is 0 Å². The predicted octanol–water partition coefficient (Wildman–Crippen LogP) is 4.80. The number of fused-ring (bicyclic) bond motifs is 7. The molecule has 0 amide bonds. The second-order valence-corrected chi connectivity index (χ2v) is 8.51. The minimum atomic E-state index is 0.274. The molecule has 2 aliphatic carbocycles. The van der Waals surface area contributed by atoms with Crippen LogP contribution < -0.4 is 9.80 Å². The van der Waals surface area contributed by atoms with Crippen molar-refractivity contribution in [2.45, 2.75) is 44.9 Å². The maximum Gasteiger partial charge on any atom is 0.158 e. The fourth-order valence-corrected chi connectivity index (χ4v) is 5.52. The summed E-state index contributed by atoms with van der Waals surface area (Å²) in [5.74, 6) is 1.79. The summed E-state index contributed by atoms with van der Waals surface area (Å²) < 4.78 is 0. The lowest BCUT2D eigenvalue weighted by atomic mass is 9.69. The van der Waals surface area contributed by atoms with Crippen LogP contribution >= 0.6 is 0 Å². The van der Waals surface area contributed by atoms with Gasteiger partial charge in [-0.25, -0.2) is 4.98 Å². The van der Waals surface area contributed by atoms with E-state index in [2.05, 4.69) is 74.1 Å². The summed E-state index contributed by atoms with van der Waals surface area (Å²) in [6.45, 7) is 8.26. The third-order valence-electron chi connectivity index (χ3n) is 7.30. The van der Waals surface area contributed by atoms with E-state index in [-0.39, 0.29) is 5.41 Å². The minimum Gasteiger partial charge on any atom is -0.353 e. The fraction of sp³-hybridized carbons (Fsp3) is 0.476. The van der Waals surface area contributed by atoms with Gasteiger partial charge in [-0.15, -0.1) is 0 Å². The maximum absolute atomic E-state index is 4.95. The molecule has 1 fully saturated rings. The summed E-state index contributed by atoms with van der Waals surface area (Å²) in [6.07, 6.45) is 4.79. The molecule has 2 aromatic rings. The van der Waals surface area contributed by atoms with Gasteiger partial charge in [-0.1, -0.05) is 39.0 Å². The first-order valence-corrected chi connectivity index (χ1v) is 9.02. The van der Waals surface area contributed by atoms with Crippen molar-refractivity contribution in [2.24, 2.45) is 5.41 Å². The van der Waals surface area contributed by atoms with Crippen LogP contribution in [0.5, 0.6) is 0 Å². The van der Waals surface area contributed by atoms with Crippen LogP contribution in [-0.2, 0) is 5.41 Å². The molecule has 124 valence electrons. The number of benzene rings is 1. The van der Waals surface area contributed by atoms with E-state index in [4.69, 9.17) is 4.98 Å². The Kier molecular flexibility index (Phi) is 2.58. The van der Waals surface area contributed by atoms with Crippen molar-refractivity contribution in [3.8, 4) is 0 Å². The number of anilines is 3. The largest absolute Gasteiger partial charge is 0.353 e. The highest BCUT2D eigenvalue weighted by Gasteiger charge is 2.61. The zero-order valence-corrected chi connectivity index (χ0v) is 15.0. The Morgan fingerprint density at radius 1 is 1.12 bits per heavy atom. The summed E-state index contributed by atoms with van der Waals surface area (Å²) in [5, 5.41) is 0. The highest BCUT2D eigenvalue weighted by atomic mass is 15.4. The van der Waals surface area contributed by atoms with E-state index in [1.807, 2.05) is 0 Å². The summed E-state index contributed by atoms with van der Waals surface area (Å²) >= 11 is 0. The highest BCUT2D eigenvalue weighted by molar-refractivity contribution is 5.84. The Labute approximate surface area is 144 Å². The van der Waals surface area contributed by atoms with Crippen LogP contribution in [0.15, 0.2) is 36.5 Å². The molecular formula is C21H25N3. The number of aromatic nitrogens is 1. The van der Waals surface area contributed by atoms with Crippen LogP contribution in [-0.4, -0.2) is 18.7 Å². The molecule has 2 heterocycles. The van der Waals surface area contributed by atoms with Gasteiger partial charge in [0.25, 0.3) is 0 Å². The summed E-state index contributed by atoms with van der Waals surface area (Å²) in [5.41, 5.74) is 6.29. The van der Waals surface area contributed by atoms with Crippen LogP contribution in [0.25, 0.3) is 0 Å². The van der Waals surface area contributed by atoms with Crippen LogP contribution in [0, 0.1) is 5.41 Å². The number of para-hydroxylation sites is 1. The van der Waals surface area contributed by atoms with Gasteiger partial charge >= 0.3 is 0 Å². The second-order valence-electron chi connectivity index (χ2n) is 8.51. The number of nitrogens with zero attached hydrogens (tertiary/aromatic N) is 3. The van der Waals surface area contributed by atoms with Crippen molar-refractivity contribution in [1.29, 1.82) is 0 Å². The van der Waals surface area contributed by atoms with E-state index in [0.717, 1.165) is 12.5 Å². The van der Waals surface area contributed by atoms with Crippen LogP contribution in [0.4, 0.5) is 17.2 Å². The summed E-state index contributed by atoms with van der Waals surface area (Å²) in [6, 6.07) is 10.6. The Balaban J connectivity index is 1.72. The van der Waals surface area contributed by atoms with Crippen LogP contribution in [0.2, 0.25) is 0 Å². The first-order valence-electron chi connectivity index (χ1n) is 9.02. The maximum atomic E-state index is 4.95. The molecule has 5 rings (SSSR count). The van der Waals surface area contributed by atoms with Crippen LogP contribution in [0.1, 0.15) is 50.7 Å². The molecule has 1 aliphatic heterocycles. The second kappa shape index (κ2) is 4.33. The molecular weight excluding hydrogens is 294 g/mol. The summed E-state index contributed by atoms with van der Waals surface area (Å²) in [4.78, 5) is 9.69. The number of rotatable bonds is 1. The standard InChI is InChI=1S/C21H25N3/c1-20(2)15-10-11-21(20,3)16-12-22-19-18(17(15)16)23(4)13-24(19)14-8-6-5-7-9-14/h5-9,12,15H,10-11,13H2,1-4H3. The highest BCUT2D eigenvalue weighted by Crippen LogP contribution is 2.70. The molecule has 1 saturated carbocycles. The molecule has 2 bridgehead atoms. The zero-order chi connectivity index (χ0) is 16.7. The van der Waals surface area contributed by atoms with E-state index in [1.165, 1.54) is 29.8 Å². The Hall–Kier alpha value is -2.03. The van der Waals surface area contributed by atoms with Crippen molar-refractivity contribution in [3.63, 3.8) is 0 Å². The van der Waals surface area contributed by atoms with Gasteiger partial charge in [0, 0.05) is 24.3 Å². The molecule has 2 atom stereocenters. The predicted molar refractivity (Wildman–Crippen MR) is 99.2 cm³/mol. The first-order chi connectivity index (χ1) is 11.4. The molecule has 3 nitrogen and oxygen atoms in total. The van der Waals surface area contributed by atoms with Gasteiger partial charge in [-0.3, -0.25) is 0 Å². The van der Waals surface area contributed by atoms with Gasteiger partial charge in [0.15, 0.2) is 5.82 Å². The van der Waals surface area contributed by atoms with E-state index in [1.54, 1.807) is 5.56 Å². The minimum absolute atomic E-state index is 0.274. The van der Waals surface area contributed by atoms with Crippen molar-refractivity contribution in [3.05, 3.63) is 47.7 Å². The quantitative estimate of drug-likeness (QED) is 0.752. The molecule has 1 aromatic heterocycles. The van der Waals surface area contributed by atoms with E-state index < -0.39 is 0 Å². The Bertz CT molecular complexity index is 826. The molecule has 24 heavy (non-hydrogen) atoms. The Morgan fingerprint density at radius 3 is 2.62 bits per heavy atom. The van der Waals surface area contributed by atoms with Gasteiger partial charge < -0.3 is 9.80 Å². The smallest absolute Gasteiger partial charge is 0.158 e. The van der Waals surface area contributed by atoms with Gasteiger partial charge in [0.05, 0.1) is 12.4 Å². The third-order valence-corrected chi connectivity index (χ3v) is 7.30. The Morgan fingerprint density at radius 2 is 1.88 bits per heavy atom. The average Bonchev–Trinajstić information content (AvgIpc) is 3.09. The number of hydrogen-bond acceptors (Lipinski definition) is 3. The molecule has 3 heteroatoms. The van der Waals surface area contributed by atoms with E-state index in [9.17, 15) is 0 Å². The normalized spacial score (nSPS) is 29.1. The van der Waals surface area contributed by atoms with Gasteiger partial charge in [0.2, 0.25) is 0 Å².